The summed E-state index contributed by atoms with van der Waals surface area (Å²) in [6, 6.07) is 18.4. The third kappa shape index (κ3) is 5.67. The first kappa shape index (κ1) is 24.4. The van der Waals surface area contributed by atoms with Crippen molar-refractivity contribution in [2.24, 2.45) is 0 Å². The summed E-state index contributed by atoms with van der Waals surface area (Å²) in [5.41, 5.74) is 1.74. The Morgan fingerprint density at radius 1 is 1.03 bits per heavy atom. The summed E-state index contributed by atoms with van der Waals surface area (Å²) < 4.78 is 48.6. The Morgan fingerprint density at radius 2 is 1.74 bits per heavy atom. The van der Waals surface area contributed by atoms with Crippen LogP contribution in [0.1, 0.15) is 23.7 Å². The van der Waals surface area contributed by atoms with E-state index in [0.29, 0.717) is 25.7 Å². The molecule has 182 valence electrons. The molecule has 1 amide bonds. The topological polar surface area (TPSA) is 102 Å². The summed E-state index contributed by atoms with van der Waals surface area (Å²) in [6.45, 7) is 3.77. The van der Waals surface area contributed by atoms with E-state index >= 15 is 0 Å². The first-order valence-electron chi connectivity index (χ1n) is 11.1. The van der Waals surface area contributed by atoms with E-state index in [2.05, 4.69) is 15.0 Å². The van der Waals surface area contributed by atoms with Crippen molar-refractivity contribution >= 4 is 38.6 Å². The van der Waals surface area contributed by atoms with Crippen LogP contribution in [0.5, 0.6) is 0 Å². The number of nitrogens with one attached hydrogen (secondary N) is 2. The molecule has 1 aromatic heterocycles. The molecule has 0 fully saturated rings. The molecule has 10 heteroatoms. The highest BCUT2D eigenvalue weighted by Gasteiger charge is 2.18. The van der Waals surface area contributed by atoms with E-state index < -0.39 is 21.7 Å². The van der Waals surface area contributed by atoms with Gasteiger partial charge in [0, 0.05) is 25.3 Å². The minimum absolute atomic E-state index is 0.0968. The lowest BCUT2D eigenvalue weighted by Crippen LogP contribution is -2.17. The molecule has 0 aliphatic rings. The quantitative estimate of drug-likeness (QED) is 0.311. The van der Waals surface area contributed by atoms with Gasteiger partial charge >= 0.3 is 0 Å². The summed E-state index contributed by atoms with van der Waals surface area (Å²) in [5, 5.41) is 2.82. The summed E-state index contributed by atoms with van der Waals surface area (Å²) >= 11 is 0. The highest BCUT2D eigenvalue weighted by Crippen LogP contribution is 2.22. The maximum Gasteiger partial charge on any atom is 0.261 e. The summed E-state index contributed by atoms with van der Waals surface area (Å²) in [7, 11) is -4.03. The van der Waals surface area contributed by atoms with Crippen LogP contribution < -0.4 is 10.0 Å². The fourth-order valence-electron chi connectivity index (χ4n) is 3.57. The monoisotopic (exact) mass is 496 g/mol. The number of benzene rings is 3. The molecule has 0 radical (unpaired) electrons. The van der Waals surface area contributed by atoms with Crippen LogP contribution in [-0.4, -0.2) is 37.1 Å². The second kappa shape index (κ2) is 10.7. The zero-order chi connectivity index (χ0) is 24.8. The molecule has 0 atom stereocenters. The number of amides is 1. The number of para-hydroxylation sites is 3. The van der Waals surface area contributed by atoms with Crippen molar-refractivity contribution in [3.8, 4) is 0 Å². The first-order valence-corrected chi connectivity index (χ1v) is 12.6. The third-order valence-electron chi connectivity index (χ3n) is 5.30. The minimum Gasteiger partial charge on any atom is -0.382 e. The fourth-order valence-corrected chi connectivity index (χ4v) is 4.64. The predicted octanol–water partition coefficient (Wildman–Crippen LogP) is 4.66. The van der Waals surface area contributed by atoms with E-state index in [1.54, 1.807) is 0 Å². The molecule has 0 spiro atoms. The zero-order valence-corrected chi connectivity index (χ0v) is 19.9. The van der Waals surface area contributed by atoms with Gasteiger partial charge in [-0.1, -0.05) is 24.3 Å². The number of aryl methyl sites for hydroxylation is 1. The number of hydrogen-bond donors (Lipinski definition) is 2. The zero-order valence-electron chi connectivity index (χ0n) is 19.1. The highest BCUT2D eigenvalue weighted by molar-refractivity contribution is 7.92. The number of fused-ring (bicyclic) bond motifs is 1. The van der Waals surface area contributed by atoms with Gasteiger partial charge in [-0.3, -0.25) is 14.8 Å². The van der Waals surface area contributed by atoms with Gasteiger partial charge in [-0.05, 0) is 61.9 Å². The van der Waals surface area contributed by atoms with Crippen LogP contribution in [0.2, 0.25) is 0 Å². The van der Waals surface area contributed by atoms with Gasteiger partial charge in [0.25, 0.3) is 15.9 Å². The van der Waals surface area contributed by atoms with Crippen molar-refractivity contribution in [2.45, 2.75) is 24.8 Å². The van der Waals surface area contributed by atoms with E-state index in [1.807, 2.05) is 35.8 Å². The number of rotatable bonds is 10. The molecular weight excluding hydrogens is 471 g/mol. The van der Waals surface area contributed by atoms with Crippen molar-refractivity contribution in [3.63, 3.8) is 0 Å². The number of carbonyl (C=O) groups is 1. The molecule has 0 unspecified atom stereocenters. The first-order chi connectivity index (χ1) is 16.9. The molecule has 0 saturated heterocycles. The van der Waals surface area contributed by atoms with Crippen LogP contribution in [0.25, 0.3) is 11.0 Å². The average molecular weight is 497 g/mol. The number of carbonyl (C=O) groups excluding carboxylic acids is 1. The molecule has 0 bridgehead atoms. The largest absolute Gasteiger partial charge is 0.382 e. The molecule has 0 saturated carbocycles. The standard InChI is InChI=1S/C25H25FN4O4S/c1-2-34-17-7-16-30-23-11-6-5-10-22(23)27-25(30)28-24(31)18-12-14-19(15-13-18)35(32,33)29-21-9-4-3-8-20(21)26/h3-6,8-15,29H,2,7,16-17H2,1H3,(H,27,28,31). The Balaban J connectivity index is 1.51. The van der Waals surface area contributed by atoms with Gasteiger partial charge in [0.15, 0.2) is 0 Å². The van der Waals surface area contributed by atoms with Gasteiger partial charge in [0.2, 0.25) is 5.95 Å². The normalized spacial score (nSPS) is 11.5. The molecule has 1 heterocycles. The Morgan fingerprint density at radius 3 is 2.49 bits per heavy atom. The van der Waals surface area contributed by atoms with Crippen molar-refractivity contribution in [3.05, 3.63) is 84.2 Å². The van der Waals surface area contributed by atoms with Gasteiger partial charge in [-0.2, -0.15) is 0 Å². The number of anilines is 2. The van der Waals surface area contributed by atoms with Crippen molar-refractivity contribution < 1.29 is 22.3 Å². The van der Waals surface area contributed by atoms with Gasteiger partial charge < -0.3 is 9.30 Å². The molecule has 4 aromatic rings. The Labute approximate surface area is 202 Å². The van der Waals surface area contributed by atoms with Gasteiger partial charge in [-0.15, -0.1) is 0 Å². The van der Waals surface area contributed by atoms with Crippen LogP contribution in [0.4, 0.5) is 16.0 Å². The third-order valence-corrected chi connectivity index (χ3v) is 6.68. The van der Waals surface area contributed by atoms with Crippen LogP contribution in [0.3, 0.4) is 0 Å². The van der Waals surface area contributed by atoms with Crippen molar-refractivity contribution in [2.75, 3.05) is 23.3 Å². The fraction of sp³-hybridized carbons (Fsp3) is 0.200. The maximum absolute atomic E-state index is 13.8. The Bertz CT molecular complexity index is 1440. The molecule has 0 aliphatic heterocycles. The number of nitrogens with zero attached hydrogens (tertiary/aromatic N) is 2. The Kier molecular flexibility index (Phi) is 7.42. The van der Waals surface area contributed by atoms with Gasteiger partial charge in [0.1, 0.15) is 5.82 Å². The molecule has 8 nitrogen and oxygen atoms in total. The minimum atomic E-state index is -4.03. The number of aromatic nitrogens is 2. The van der Waals surface area contributed by atoms with E-state index in [4.69, 9.17) is 4.74 Å². The lowest BCUT2D eigenvalue weighted by atomic mass is 10.2. The summed E-state index contributed by atoms with van der Waals surface area (Å²) in [6.07, 6.45) is 0.749. The van der Waals surface area contributed by atoms with Crippen LogP contribution in [-0.2, 0) is 21.3 Å². The predicted molar refractivity (Wildman–Crippen MR) is 132 cm³/mol. The molecule has 0 aliphatic carbocycles. The van der Waals surface area contributed by atoms with Gasteiger partial charge in [0.05, 0.1) is 21.6 Å². The lowest BCUT2D eigenvalue weighted by Gasteiger charge is -2.11. The number of ether oxygens (including phenoxy) is 1. The smallest absolute Gasteiger partial charge is 0.261 e. The highest BCUT2D eigenvalue weighted by atomic mass is 32.2. The lowest BCUT2D eigenvalue weighted by molar-refractivity contribution is 0.102. The maximum atomic E-state index is 13.8. The Hall–Kier alpha value is -3.76. The summed E-state index contributed by atoms with van der Waals surface area (Å²) in [4.78, 5) is 17.4. The summed E-state index contributed by atoms with van der Waals surface area (Å²) in [5.74, 6) is -0.723. The average Bonchev–Trinajstić information content (AvgIpc) is 3.20. The van der Waals surface area contributed by atoms with E-state index in [0.717, 1.165) is 23.5 Å². The molecule has 4 rings (SSSR count). The van der Waals surface area contributed by atoms with Gasteiger partial charge in [-0.25, -0.2) is 17.8 Å². The van der Waals surface area contributed by atoms with E-state index in [1.165, 1.54) is 42.5 Å². The van der Waals surface area contributed by atoms with Crippen molar-refractivity contribution in [1.82, 2.24) is 9.55 Å². The van der Waals surface area contributed by atoms with Crippen LogP contribution in [0.15, 0.2) is 77.7 Å². The second-order valence-corrected chi connectivity index (χ2v) is 9.37. The van der Waals surface area contributed by atoms with Crippen molar-refractivity contribution in [1.29, 1.82) is 0 Å². The number of hydrogen-bond acceptors (Lipinski definition) is 5. The molecule has 3 aromatic carbocycles. The SMILES string of the molecule is CCOCCCn1c(NC(=O)c2ccc(S(=O)(=O)Nc3ccccc3F)cc2)nc2ccccc21. The number of sulfonamides is 1. The second-order valence-electron chi connectivity index (χ2n) is 7.69. The molecular formula is C25H25FN4O4S. The van der Waals surface area contributed by atoms with E-state index in [9.17, 15) is 17.6 Å². The van der Waals surface area contributed by atoms with Crippen LogP contribution >= 0.6 is 0 Å². The van der Waals surface area contributed by atoms with E-state index in [-0.39, 0.29) is 16.1 Å². The van der Waals surface area contributed by atoms with Crippen LogP contribution in [0, 0.1) is 5.82 Å². The number of imidazole rings is 1. The molecule has 35 heavy (non-hydrogen) atoms. The molecule has 2 N–H and O–H groups in total. The number of halogens is 1.